The Morgan fingerprint density at radius 3 is 2.32 bits per heavy atom. The van der Waals surface area contributed by atoms with Crippen LogP contribution in [0.4, 0.5) is 0 Å². The van der Waals surface area contributed by atoms with Crippen molar-refractivity contribution >= 4 is 11.8 Å². The molecule has 3 aromatic carbocycles. The van der Waals surface area contributed by atoms with Gasteiger partial charge in [-0.3, -0.25) is 4.79 Å². The lowest BCUT2D eigenvalue weighted by molar-refractivity contribution is -0.139. The first-order chi connectivity index (χ1) is 19.9. The van der Waals surface area contributed by atoms with Crippen LogP contribution in [0.5, 0.6) is 17.2 Å². The molecule has 7 nitrogen and oxygen atoms in total. The molecule has 0 fully saturated rings. The van der Waals surface area contributed by atoms with E-state index < -0.39 is 11.9 Å². The van der Waals surface area contributed by atoms with Gasteiger partial charge in [-0.2, -0.15) is 0 Å². The molecule has 0 amide bonds. The number of methoxy groups -OCH3 is 3. The predicted molar refractivity (Wildman–Crippen MR) is 156 cm³/mol. The first-order valence-electron chi connectivity index (χ1n) is 13.7. The maximum atomic E-state index is 14.0. The molecule has 1 heterocycles. The number of dihydropyridines is 1. The van der Waals surface area contributed by atoms with Gasteiger partial charge in [0.2, 0.25) is 0 Å². The zero-order chi connectivity index (χ0) is 28.9. The Balaban J connectivity index is 1.52. The summed E-state index contributed by atoms with van der Waals surface area (Å²) in [6.45, 7) is 2.08. The third-order valence-electron chi connectivity index (χ3n) is 7.85. The van der Waals surface area contributed by atoms with Crippen LogP contribution >= 0.6 is 0 Å². The lowest BCUT2D eigenvalue weighted by Crippen LogP contribution is -2.36. The monoisotopic (exact) mass is 553 g/mol. The number of ether oxygens (including phenoxy) is 4. The zero-order valence-corrected chi connectivity index (χ0v) is 23.9. The molecule has 2 atom stereocenters. The fourth-order valence-electron chi connectivity index (χ4n) is 5.86. The predicted octanol–water partition coefficient (Wildman–Crippen LogP) is 5.86. The first kappa shape index (κ1) is 28.0. The van der Waals surface area contributed by atoms with Gasteiger partial charge in [-0.05, 0) is 48.6 Å². The van der Waals surface area contributed by atoms with E-state index in [1.54, 1.807) is 27.4 Å². The highest BCUT2D eigenvalue weighted by atomic mass is 16.5. The molecule has 1 N–H and O–H groups in total. The fourth-order valence-corrected chi connectivity index (χ4v) is 5.86. The van der Waals surface area contributed by atoms with E-state index in [-0.39, 0.29) is 18.3 Å². The van der Waals surface area contributed by atoms with E-state index in [0.29, 0.717) is 53.2 Å². The molecule has 7 heteroatoms. The Morgan fingerprint density at radius 1 is 0.878 bits per heavy atom. The third kappa shape index (κ3) is 5.71. The van der Waals surface area contributed by atoms with Gasteiger partial charge >= 0.3 is 5.97 Å². The molecule has 0 radical (unpaired) electrons. The standard InChI is InChI=1S/C34H35NO6/c1-21-30(34(37)41-18-17-22-9-6-5-7-10-22)31(26-11-8-12-29(39-3)33(26)40-4)32-27(35-21)19-24(20-28(32)36)23-13-15-25(38-2)16-14-23/h5-16,24,31,35H,17-20H2,1-4H3. The number of allylic oxidation sites excluding steroid dienone is 3. The average Bonchev–Trinajstić information content (AvgIpc) is 3.00. The Morgan fingerprint density at radius 2 is 1.63 bits per heavy atom. The van der Waals surface area contributed by atoms with Crippen LogP contribution in [0.1, 0.15) is 48.3 Å². The van der Waals surface area contributed by atoms with Gasteiger partial charge in [-0.15, -0.1) is 0 Å². The molecular formula is C34H35NO6. The van der Waals surface area contributed by atoms with Gasteiger partial charge in [-0.25, -0.2) is 4.79 Å². The van der Waals surface area contributed by atoms with Crippen molar-refractivity contribution < 1.29 is 28.5 Å². The number of Topliss-reactive ketones (excluding diaryl/α,β-unsaturated/α-hetero) is 1. The van der Waals surface area contributed by atoms with E-state index in [1.165, 1.54) is 0 Å². The van der Waals surface area contributed by atoms with Gasteiger partial charge < -0.3 is 24.3 Å². The molecule has 1 aliphatic heterocycles. The number of nitrogens with one attached hydrogen (secondary N) is 1. The molecule has 2 unspecified atom stereocenters. The van der Waals surface area contributed by atoms with Crippen LogP contribution in [0.15, 0.2) is 95.3 Å². The summed E-state index contributed by atoms with van der Waals surface area (Å²) in [5.41, 5.74) is 5.28. The van der Waals surface area contributed by atoms with Crippen molar-refractivity contribution in [1.29, 1.82) is 0 Å². The molecule has 212 valence electrons. The highest BCUT2D eigenvalue weighted by Crippen LogP contribution is 2.49. The number of esters is 1. The zero-order valence-electron chi connectivity index (χ0n) is 23.9. The van der Waals surface area contributed by atoms with E-state index in [1.807, 2.05) is 73.7 Å². The van der Waals surface area contributed by atoms with E-state index in [0.717, 1.165) is 22.6 Å². The molecule has 0 bridgehead atoms. The van der Waals surface area contributed by atoms with Crippen LogP contribution in [-0.2, 0) is 20.7 Å². The minimum Gasteiger partial charge on any atom is -0.497 e. The van der Waals surface area contributed by atoms with Crippen molar-refractivity contribution in [2.45, 2.75) is 38.0 Å². The number of carbonyl (C=O) groups is 2. The Kier molecular flexibility index (Phi) is 8.43. The summed E-state index contributed by atoms with van der Waals surface area (Å²) >= 11 is 0. The minimum atomic E-state index is -0.662. The largest absolute Gasteiger partial charge is 0.497 e. The molecule has 0 saturated carbocycles. The second kappa shape index (κ2) is 12.3. The van der Waals surface area contributed by atoms with Gasteiger partial charge in [0.05, 0.1) is 39.4 Å². The molecule has 41 heavy (non-hydrogen) atoms. The average molecular weight is 554 g/mol. The lowest BCUT2D eigenvalue weighted by Gasteiger charge is -2.37. The number of para-hydroxylation sites is 1. The fraction of sp³-hybridized carbons (Fsp3) is 0.294. The number of hydrogen-bond acceptors (Lipinski definition) is 7. The minimum absolute atomic E-state index is 0.000292. The van der Waals surface area contributed by atoms with E-state index in [2.05, 4.69) is 5.32 Å². The molecule has 0 aromatic heterocycles. The summed E-state index contributed by atoms with van der Waals surface area (Å²) in [6.07, 6.45) is 1.55. The summed E-state index contributed by atoms with van der Waals surface area (Å²) < 4.78 is 22.5. The lowest BCUT2D eigenvalue weighted by atomic mass is 9.71. The third-order valence-corrected chi connectivity index (χ3v) is 7.85. The van der Waals surface area contributed by atoms with Crippen LogP contribution < -0.4 is 19.5 Å². The second-order valence-corrected chi connectivity index (χ2v) is 10.2. The quantitative estimate of drug-likeness (QED) is 0.332. The number of hydrogen-bond donors (Lipinski definition) is 1. The van der Waals surface area contributed by atoms with E-state index >= 15 is 0 Å². The maximum Gasteiger partial charge on any atom is 0.336 e. The van der Waals surface area contributed by atoms with Crippen LogP contribution in [0, 0.1) is 0 Å². The summed E-state index contributed by atoms with van der Waals surface area (Å²) in [7, 11) is 4.77. The van der Waals surface area contributed by atoms with Crippen molar-refractivity contribution in [3.05, 3.63) is 112 Å². The van der Waals surface area contributed by atoms with Gasteiger partial charge in [0.25, 0.3) is 0 Å². The van der Waals surface area contributed by atoms with Crippen LogP contribution in [0.25, 0.3) is 0 Å². The highest BCUT2D eigenvalue weighted by Gasteiger charge is 2.42. The van der Waals surface area contributed by atoms with Gasteiger partial charge in [-0.1, -0.05) is 54.6 Å². The van der Waals surface area contributed by atoms with Crippen molar-refractivity contribution in [3.63, 3.8) is 0 Å². The van der Waals surface area contributed by atoms with Crippen LogP contribution in [0.3, 0.4) is 0 Å². The maximum absolute atomic E-state index is 14.0. The normalized spacial score (nSPS) is 18.4. The molecule has 5 rings (SSSR count). The van der Waals surface area contributed by atoms with Gasteiger partial charge in [0.15, 0.2) is 17.3 Å². The van der Waals surface area contributed by atoms with Crippen LogP contribution in [0.2, 0.25) is 0 Å². The Labute approximate surface area is 240 Å². The molecule has 0 saturated heterocycles. The molecular weight excluding hydrogens is 518 g/mol. The Hall–Kier alpha value is -4.52. The number of ketones is 1. The van der Waals surface area contributed by atoms with E-state index in [4.69, 9.17) is 18.9 Å². The number of rotatable bonds is 9. The molecule has 3 aromatic rings. The summed E-state index contributed by atoms with van der Waals surface area (Å²) in [5, 5.41) is 3.42. The van der Waals surface area contributed by atoms with Crippen LogP contribution in [-0.4, -0.2) is 39.7 Å². The highest BCUT2D eigenvalue weighted by molar-refractivity contribution is 6.04. The van der Waals surface area contributed by atoms with Gasteiger partial charge in [0, 0.05) is 35.4 Å². The summed E-state index contributed by atoms with van der Waals surface area (Å²) in [6, 6.07) is 23.2. The summed E-state index contributed by atoms with van der Waals surface area (Å²) in [5.74, 6) is 0.644. The van der Waals surface area contributed by atoms with Gasteiger partial charge in [0.1, 0.15) is 5.75 Å². The van der Waals surface area contributed by atoms with Crippen molar-refractivity contribution in [2.24, 2.45) is 0 Å². The number of benzene rings is 3. The molecule has 2 aliphatic rings. The SMILES string of the molecule is COc1ccc(C2CC(=O)C3=C(C2)NC(C)=C(C(=O)OCCc2ccccc2)C3c2cccc(OC)c2OC)cc1. The topological polar surface area (TPSA) is 83.1 Å². The number of carbonyl (C=O) groups excluding carboxylic acids is 2. The van der Waals surface area contributed by atoms with Crippen molar-refractivity contribution in [1.82, 2.24) is 5.32 Å². The molecule has 0 spiro atoms. The smallest absolute Gasteiger partial charge is 0.336 e. The van der Waals surface area contributed by atoms with E-state index in [9.17, 15) is 9.59 Å². The summed E-state index contributed by atoms with van der Waals surface area (Å²) in [4.78, 5) is 27.7. The van der Waals surface area contributed by atoms with Crippen molar-refractivity contribution in [3.8, 4) is 17.2 Å². The Bertz CT molecular complexity index is 1490. The first-order valence-corrected chi connectivity index (χ1v) is 13.7. The van der Waals surface area contributed by atoms with Crippen molar-refractivity contribution in [2.75, 3.05) is 27.9 Å². The second-order valence-electron chi connectivity index (χ2n) is 10.2. The molecule has 1 aliphatic carbocycles.